The summed E-state index contributed by atoms with van der Waals surface area (Å²) >= 11 is 0. The number of hydrogen-bond acceptors (Lipinski definition) is 4. The third-order valence-electron chi connectivity index (χ3n) is 3.93. The molecule has 1 aliphatic rings. The van der Waals surface area contributed by atoms with Crippen molar-refractivity contribution in [3.63, 3.8) is 0 Å². The molecule has 1 saturated heterocycles. The second-order valence-electron chi connectivity index (χ2n) is 5.57. The Morgan fingerprint density at radius 1 is 1.37 bits per heavy atom. The summed E-state index contributed by atoms with van der Waals surface area (Å²) in [4.78, 5) is 17.3. The molecule has 1 fully saturated rings. The molecule has 1 aliphatic heterocycles. The number of hydrogen-bond donors (Lipinski definition) is 1. The lowest BCUT2D eigenvalue weighted by atomic mass is 9.96. The highest BCUT2D eigenvalue weighted by molar-refractivity contribution is 5.72. The van der Waals surface area contributed by atoms with Gasteiger partial charge < -0.3 is 14.4 Å². The first-order valence-electron chi connectivity index (χ1n) is 6.46. The van der Waals surface area contributed by atoms with Gasteiger partial charge in [-0.05, 0) is 34.1 Å². The lowest BCUT2D eigenvalue weighted by molar-refractivity contribution is -0.127. The van der Waals surface area contributed by atoms with Gasteiger partial charge in [-0.25, -0.2) is 9.78 Å². The van der Waals surface area contributed by atoms with E-state index in [-0.39, 0.29) is 0 Å². The SMILES string of the molecule is Cc1nccn1CCCN1C(=O)OC(C)(C)[C@]1(C)O. The summed E-state index contributed by atoms with van der Waals surface area (Å²) in [6.07, 6.45) is 3.93. The molecule has 106 valence electrons. The standard InChI is InChI=1S/C13H21N3O3/c1-10-14-6-9-15(10)7-5-8-16-11(17)19-12(2,3)13(16,4)18/h6,9,18H,5,7-8H2,1-4H3/t13-/m0/s1. The van der Waals surface area contributed by atoms with Gasteiger partial charge in [0.05, 0.1) is 0 Å². The molecule has 0 aliphatic carbocycles. The summed E-state index contributed by atoms with van der Waals surface area (Å²) in [5.74, 6) is 0.941. The molecule has 0 aromatic carbocycles. The summed E-state index contributed by atoms with van der Waals surface area (Å²) in [6, 6.07) is 0. The molecule has 1 N–H and O–H groups in total. The predicted molar refractivity (Wildman–Crippen MR) is 69.5 cm³/mol. The first-order chi connectivity index (χ1) is 8.75. The van der Waals surface area contributed by atoms with Crippen LogP contribution in [-0.2, 0) is 11.3 Å². The monoisotopic (exact) mass is 267 g/mol. The zero-order valence-corrected chi connectivity index (χ0v) is 11.9. The van der Waals surface area contributed by atoms with E-state index in [2.05, 4.69) is 4.98 Å². The highest BCUT2D eigenvalue weighted by atomic mass is 16.6. The van der Waals surface area contributed by atoms with Gasteiger partial charge in [0.15, 0.2) is 11.3 Å². The number of cyclic esters (lactones) is 1. The average Bonchev–Trinajstić information content (AvgIpc) is 2.74. The Balaban J connectivity index is 1.96. The van der Waals surface area contributed by atoms with Gasteiger partial charge in [0.1, 0.15) is 5.82 Å². The van der Waals surface area contributed by atoms with Crippen LogP contribution < -0.4 is 0 Å². The van der Waals surface area contributed by atoms with Crippen LogP contribution in [0.2, 0.25) is 0 Å². The first kappa shape index (κ1) is 13.9. The van der Waals surface area contributed by atoms with Gasteiger partial charge >= 0.3 is 6.09 Å². The van der Waals surface area contributed by atoms with Crippen LogP contribution in [0.4, 0.5) is 4.79 Å². The van der Waals surface area contributed by atoms with E-state index in [4.69, 9.17) is 4.74 Å². The molecule has 2 heterocycles. The van der Waals surface area contributed by atoms with Crippen molar-refractivity contribution in [1.82, 2.24) is 14.5 Å². The van der Waals surface area contributed by atoms with Crippen LogP contribution >= 0.6 is 0 Å². The minimum Gasteiger partial charge on any atom is -0.438 e. The fourth-order valence-corrected chi connectivity index (χ4v) is 2.22. The Hall–Kier alpha value is -1.56. The normalized spacial score (nSPS) is 25.7. The van der Waals surface area contributed by atoms with E-state index in [1.165, 1.54) is 4.90 Å². The van der Waals surface area contributed by atoms with E-state index in [0.29, 0.717) is 6.54 Å². The minimum atomic E-state index is -1.28. The van der Waals surface area contributed by atoms with Crippen molar-refractivity contribution in [2.45, 2.75) is 52.0 Å². The minimum absolute atomic E-state index is 0.451. The fourth-order valence-electron chi connectivity index (χ4n) is 2.22. The van der Waals surface area contributed by atoms with E-state index < -0.39 is 17.4 Å². The maximum Gasteiger partial charge on any atom is 0.412 e. The summed E-state index contributed by atoms with van der Waals surface area (Å²) < 4.78 is 7.22. The maximum absolute atomic E-state index is 11.8. The molecule has 1 aromatic heterocycles. The Morgan fingerprint density at radius 3 is 2.53 bits per heavy atom. The van der Waals surface area contributed by atoms with Crippen molar-refractivity contribution in [2.75, 3.05) is 6.54 Å². The largest absolute Gasteiger partial charge is 0.438 e. The molecule has 0 bridgehead atoms. The van der Waals surface area contributed by atoms with Gasteiger partial charge in [-0.1, -0.05) is 0 Å². The van der Waals surface area contributed by atoms with Crippen LogP contribution in [-0.4, -0.2) is 43.5 Å². The first-order valence-corrected chi connectivity index (χ1v) is 6.46. The van der Waals surface area contributed by atoms with E-state index >= 15 is 0 Å². The summed E-state index contributed by atoms with van der Waals surface area (Å²) in [5, 5.41) is 10.4. The van der Waals surface area contributed by atoms with E-state index in [1.54, 1.807) is 27.0 Å². The van der Waals surface area contributed by atoms with Crippen molar-refractivity contribution in [3.05, 3.63) is 18.2 Å². The topological polar surface area (TPSA) is 67.6 Å². The molecule has 6 heteroatoms. The number of aliphatic hydroxyl groups is 1. The molecular formula is C13H21N3O3. The van der Waals surface area contributed by atoms with Gasteiger partial charge in [0.2, 0.25) is 0 Å². The highest BCUT2D eigenvalue weighted by Gasteiger charge is 2.56. The van der Waals surface area contributed by atoms with Crippen molar-refractivity contribution < 1.29 is 14.6 Å². The number of carbonyl (C=O) groups is 1. The van der Waals surface area contributed by atoms with Gasteiger partial charge in [0, 0.05) is 25.5 Å². The zero-order valence-electron chi connectivity index (χ0n) is 11.9. The van der Waals surface area contributed by atoms with Gasteiger partial charge in [0.25, 0.3) is 0 Å². The number of aryl methyl sites for hydroxylation is 2. The highest BCUT2D eigenvalue weighted by Crippen LogP contribution is 2.36. The van der Waals surface area contributed by atoms with E-state index in [9.17, 15) is 9.90 Å². The van der Waals surface area contributed by atoms with Gasteiger partial charge in [-0.3, -0.25) is 4.90 Å². The number of carbonyl (C=O) groups excluding carboxylic acids is 1. The van der Waals surface area contributed by atoms with Gasteiger partial charge in [-0.2, -0.15) is 0 Å². The second kappa shape index (κ2) is 4.52. The van der Waals surface area contributed by atoms with E-state index in [1.807, 2.05) is 17.7 Å². The summed E-state index contributed by atoms with van der Waals surface area (Å²) in [6.45, 7) is 8.18. The van der Waals surface area contributed by atoms with Crippen LogP contribution in [0.1, 0.15) is 33.0 Å². The Bertz CT molecular complexity index is 479. The number of amides is 1. The molecule has 1 atom stereocenters. The van der Waals surface area contributed by atoms with Crippen molar-refractivity contribution in [1.29, 1.82) is 0 Å². The summed E-state index contributed by atoms with van der Waals surface area (Å²) in [5.41, 5.74) is -2.18. The Labute approximate surface area is 113 Å². The van der Waals surface area contributed by atoms with Gasteiger partial charge in [-0.15, -0.1) is 0 Å². The lowest BCUT2D eigenvalue weighted by Gasteiger charge is -2.34. The molecule has 0 spiro atoms. The smallest absolute Gasteiger partial charge is 0.412 e. The predicted octanol–water partition coefficient (Wildman–Crippen LogP) is 1.52. The number of imidazole rings is 1. The molecular weight excluding hydrogens is 246 g/mol. The zero-order chi connectivity index (χ0) is 14.3. The number of aromatic nitrogens is 2. The molecule has 6 nitrogen and oxygen atoms in total. The molecule has 0 radical (unpaired) electrons. The van der Waals surface area contributed by atoms with Crippen molar-refractivity contribution in [3.8, 4) is 0 Å². The lowest BCUT2D eigenvalue weighted by Crippen LogP contribution is -2.53. The van der Waals surface area contributed by atoms with E-state index in [0.717, 1.165) is 18.8 Å². The molecule has 19 heavy (non-hydrogen) atoms. The average molecular weight is 267 g/mol. The van der Waals surface area contributed by atoms with Crippen molar-refractivity contribution >= 4 is 6.09 Å². The van der Waals surface area contributed by atoms with Crippen LogP contribution in [0.25, 0.3) is 0 Å². The molecule has 1 amide bonds. The van der Waals surface area contributed by atoms with Crippen LogP contribution in [0, 0.1) is 6.92 Å². The van der Waals surface area contributed by atoms with Crippen LogP contribution in [0.15, 0.2) is 12.4 Å². The molecule has 0 unspecified atom stereocenters. The molecule has 1 aromatic rings. The maximum atomic E-state index is 11.8. The molecule has 0 saturated carbocycles. The van der Waals surface area contributed by atoms with Crippen LogP contribution in [0.3, 0.4) is 0 Å². The summed E-state index contributed by atoms with van der Waals surface area (Å²) in [7, 11) is 0. The number of nitrogens with zero attached hydrogens (tertiary/aromatic N) is 3. The quantitative estimate of drug-likeness (QED) is 0.898. The fraction of sp³-hybridized carbons (Fsp3) is 0.692. The third kappa shape index (κ3) is 2.32. The number of ether oxygens (including phenoxy) is 1. The molecule has 2 rings (SSSR count). The second-order valence-corrected chi connectivity index (χ2v) is 5.57. The Morgan fingerprint density at radius 2 is 2.05 bits per heavy atom. The Kier molecular flexibility index (Phi) is 3.30. The van der Waals surface area contributed by atoms with Crippen molar-refractivity contribution in [2.24, 2.45) is 0 Å². The van der Waals surface area contributed by atoms with Crippen LogP contribution in [0.5, 0.6) is 0 Å². The third-order valence-corrected chi connectivity index (χ3v) is 3.93. The number of rotatable bonds is 4.